The first-order valence-corrected chi connectivity index (χ1v) is 12.1. The number of benzene rings is 4. The predicted octanol–water partition coefficient (Wildman–Crippen LogP) is 8.81. The largest absolute Gasteiger partial charge is 0.0628 e. The van der Waals surface area contributed by atoms with E-state index in [1.807, 2.05) is 0 Å². The molecule has 164 valence electrons. The Balaban J connectivity index is 1.45. The smallest absolute Gasteiger partial charge is 0.0152 e. The van der Waals surface area contributed by atoms with Gasteiger partial charge >= 0.3 is 0 Å². The first-order chi connectivity index (χ1) is 15.4. The van der Waals surface area contributed by atoms with E-state index in [4.69, 9.17) is 0 Å². The highest BCUT2D eigenvalue weighted by atomic mass is 14.1. The molecule has 4 aromatic carbocycles. The van der Waals surface area contributed by atoms with Crippen molar-refractivity contribution in [2.75, 3.05) is 0 Å². The molecule has 0 aromatic heterocycles. The number of fused-ring (bicyclic) bond motifs is 1. The highest BCUT2D eigenvalue weighted by Crippen LogP contribution is 2.26. The second-order valence-corrected chi connectivity index (χ2v) is 9.91. The van der Waals surface area contributed by atoms with Crippen LogP contribution in [0.25, 0.3) is 21.9 Å². The summed E-state index contributed by atoms with van der Waals surface area (Å²) >= 11 is 0. The van der Waals surface area contributed by atoms with E-state index in [0.717, 1.165) is 18.8 Å². The van der Waals surface area contributed by atoms with Gasteiger partial charge in [0.2, 0.25) is 0 Å². The van der Waals surface area contributed by atoms with E-state index in [1.165, 1.54) is 68.1 Å². The summed E-state index contributed by atoms with van der Waals surface area (Å²) in [5.74, 6) is 0.743. The lowest BCUT2D eigenvalue weighted by Crippen LogP contribution is -1.96. The average Bonchev–Trinajstić information content (AvgIpc) is 2.77. The number of hydrogen-bond donors (Lipinski definition) is 0. The molecule has 4 rings (SSSR count). The lowest BCUT2D eigenvalue weighted by Gasteiger charge is -2.11. The van der Waals surface area contributed by atoms with E-state index >= 15 is 0 Å². The monoisotopic (exact) mass is 420 g/mol. The highest BCUT2D eigenvalue weighted by Gasteiger charge is 2.06. The molecule has 0 bridgehead atoms. The average molecular weight is 421 g/mol. The molecule has 0 fully saturated rings. The van der Waals surface area contributed by atoms with Crippen molar-refractivity contribution in [3.8, 4) is 11.1 Å². The highest BCUT2D eigenvalue weighted by molar-refractivity contribution is 5.87. The number of aryl methyl sites for hydroxylation is 6. The van der Waals surface area contributed by atoms with Gasteiger partial charge in [-0.1, -0.05) is 92.2 Å². The minimum absolute atomic E-state index is 0.743. The molecule has 0 aliphatic carbocycles. The fourth-order valence-electron chi connectivity index (χ4n) is 4.65. The quantitative estimate of drug-likeness (QED) is 0.280. The summed E-state index contributed by atoms with van der Waals surface area (Å²) in [7, 11) is 0. The zero-order valence-corrected chi connectivity index (χ0v) is 20.3. The predicted molar refractivity (Wildman–Crippen MR) is 141 cm³/mol. The van der Waals surface area contributed by atoms with E-state index in [2.05, 4.69) is 107 Å². The second-order valence-electron chi connectivity index (χ2n) is 9.91. The Morgan fingerprint density at radius 2 is 1.28 bits per heavy atom. The topological polar surface area (TPSA) is 0 Å². The Morgan fingerprint density at radius 3 is 2.03 bits per heavy atom. The third-order valence-corrected chi connectivity index (χ3v) is 6.70. The van der Waals surface area contributed by atoms with Gasteiger partial charge in [0.1, 0.15) is 0 Å². The summed E-state index contributed by atoms with van der Waals surface area (Å²) < 4.78 is 0. The molecule has 0 amide bonds. The van der Waals surface area contributed by atoms with E-state index in [0.29, 0.717) is 0 Å². The molecule has 0 N–H and O–H groups in total. The maximum absolute atomic E-state index is 2.39. The van der Waals surface area contributed by atoms with Crippen molar-refractivity contribution in [2.24, 2.45) is 5.92 Å². The van der Waals surface area contributed by atoms with Gasteiger partial charge in [0.05, 0.1) is 0 Å². The van der Waals surface area contributed by atoms with E-state index in [-0.39, 0.29) is 0 Å². The minimum Gasteiger partial charge on any atom is -0.0628 e. The molecule has 0 radical (unpaired) electrons. The van der Waals surface area contributed by atoms with Gasteiger partial charge < -0.3 is 0 Å². The van der Waals surface area contributed by atoms with Gasteiger partial charge in [0.25, 0.3) is 0 Å². The van der Waals surface area contributed by atoms with Crippen LogP contribution in [0.5, 0.6) is 0 Å². The number of rotatable bonds is 7. The maximum Gasteiger partial charge on any atom is -0.0152 e. The lowest BCUT2D eigenvalue weighted by molar-refractivity contribution is 0.586. The molecule has 0 aliphatic rings. The van der Waals surface area contributed by atoms with Crippen LogP contribution in [0.2, 0.25) is 0 Å². The lowest BCUT2D eigenvalue weighted by atomic mass is 9.94. The first-order valence-electron chi connectivity index (χ1n) is 12.1. The van der Waals surface area contributed by atoms with Crippen molar-refractivity contribution < 1.29 is 0 Å². The Morgan fingerprint density at radius 1 is 0.594 bits per heavy atom. The molecule has 0 saturated carbocycles. The van der Waals surface area contributed by atoms with Crippen molar-refractivity contribution in [2.45, 2.75) is 60.3 Å². The van der Waals surface area contributed by atoms with E-state index in [1.54, 1.807) is 0 Å². The molecule has 0 heteroatoms. The van der Waals surface area contributed by atoms with Crippen molar-refractivity contribution >= 4 is 10.8 Å². The Hall–Kier alpha value is -2.86. The summed E-state index contributed by atoms with van der Waals surface area (Å²) in [5, 5.41) is 2.73. The molecule has 4 aromatic rings. The van der Waals surface area contributed by atoms with Gasteiger partial charge in [0.15, 0.2) is 0 Å². The van der Waals surface area contributed by atoms with Crippen LogP contribution in [0.15, 0.2) is 72.8 Å². The molecule has 0 heterocycles. The van der Waals surface area contributed by atoms with Gasteiger partial charge in [-0.25, -0.2) is 0 Å². The third-order valence-electron chi connectivity index (χ3n) is 6.70. The molecule has 0 spiro atoms. The summed E-state index contributed by atoms with van der Waals surface area (Å²) in [6, 6.07) is 27.6. The van der Waals surface area contributed by atoms with Gasteiger partial charge in [-0.3, -0.25) is 0 Å². The summed E-state index contributed by atoms with van der Waals surface area (Å²) in [4.78, 5) is 0. The first kappa shape index (κ1) is 22.3. The van der Waals surface area contributed by atoms with Crippen molar-refractivity contribution in [3.05, 3.63) is 106 Å². The molecular formula is C32H36. The summed E-state index contributed by atoms with van der Waals surface area (Å²) in [6.07, 6.45) is 4.56. The van der Waals surface area contributed by atoms with Crippen LogP contribution in [0.4, 0.5) is 0 Å². The van der Waals surface area contributed by atoms with E-state index < -0.39 is 0 Å². The van der Waals surface area contributed by atoms with Crippen LogP contribution >= 0.6 is 0 Å². The van der Waals surface area contributed by atoms with Gasteiger partial charge in [-0.15, -0.1) is 0 Å². The van der Waals surface area contributed by atoms with Crippen LogP contribution in [-0.2, 0) is 19.3 Å². The van der Waals surface area contributed by atoms with Gasteiger partial charge in [0, 0.05) is 0 Å². The normalized spacial score (nSPS) is 11.4. The standard InChI is InChI=1S/C32H36/c1-22(2)6-13-29-21-30(14-7-24(29)4)28-15-10-26(11-16-28)8-9-27-12-17-31-19-23(3)18-25(5)32(31)20-27/h7,10-12,14-22H,6,8-9,13H2,1-5H3. The summed E-state index contributed by atoms with van der Waals surface area (Å²) in [6.45, 7) is 11.2. The molecule has 0 nitrogen and oxygen atoms in total. The molecule has 0 atom stereocenters. The van der Waals surface area contributed by atoms with Crippen LogP contribution in [-0.4, -0.2) is 0 Å². The van der Waals surface area contributed by atoms with Crippen molar-refractivity contribution in [1.29, 1.82) is 0 Å². The van der Waals surface area contributed by atoms with Crippen LogP contribution < -0.4 is 0 Å². The van der Waals surface area contributed by atoms with Gasteiger partial charge in [-0.2, -0.15) is 0 Å². The Kier molecular flexibility index (Phi) is 6.80. The number of hydrogen-bond acceptors (Lipinski definition) is 0. The summed E-state index contributed by atoms with van der Waals surface area (Å²) in [5.41, 5.74) is 11.1. The molecule has 32 heavy (non-hydrogen) atoms. The molecular weight excluding hydrogens is 384 g/mol. The maximum atomic E-state index is 2.39. The second kappa shape index (κ2) is 9.74. The van der Waals surface area contributed by atoms with Gasteiger partial charge in [-0.05, 0) is 102 Å². The SMILES string of the molecule is Cc1cc(C)c2cc(CCc3ccc(-c4ccc(C)c(CCC(C)C)c4)cc3)ccc2c1. The molecule has 0 aliphatic heterocycles. The zero-order chi connectivity index (χ0) is 22.7. The fourth-order valence-corrected chi connectivity index (χ4v) is 4.65. The fraction of sp³-hybridized carbons (Fsp3) is 0.312. The Bertz CT molecular complexity index is 1210. The molecule has 0 saturated heterocycles. The van der Waals surface area contributed by atoms with Crippen LogP contribution in [0, 0.1) is 26.7 Å². The third kappa shape index (κ3) is 5.30. The molecule has 0 unspecified atom stereocenters. The zero-order valence-electron chi connectivity index (χ0n) is 20.3. The van der Waals surface area contributed by atoms with Crippen molar-refractivity contribution in [1.82, 2.24) is 0 Å². The van der Waals surface area contributed by atoms with E-state index in [9.17, 15) is 0 Å². The van der Waals surface area contributed by atoms with Crippen LogP contribution in [0.3, 0.4) is 0 Å². The Labute approximate surface area is 194 Å². The van der Waals surface area contributed by atoms with Crippen molar-refractivity contribution in [3.63, 3.8) is 0 Å². The van der Waals surface area contributed by atoms with Crippen LogP contribution in [0.1, 0.15) is 53.6 Å². The minimum atomic E-state index is 0.743.